The highest BCUT2D eigenvalue weighted by atomic mass is 19.1. The van der Waals surface area contributed by atoms with E-state index in [1.807, 2.05) is 0 Å². The van der Waals surface area contributed by atoms with E-state index in [-0.39, 0.29) is 17.4 Å². The monoisotopic (exact) mass is 523 g/mol. The topological polar surface area (TPSA) is 90.8 Å². The van der Waals surface area contributed by atoms with E-state index in [2.05, 4.69) is 20.1 Å². The fourth-order valence-electron chi connectivity index (χ4n) is 5.87. The molecule has 204 valence electrons. The van der Waals surface area contributed by atoms with Crippen LogP contribution < -0.4 is 10.2 Å². The van der Waals surface area contributed by atoms with Crippen LogP contribution in [0.3, 0.4) is 0 Å². The van der Waals surface area contributed by atoms with E-state index < -0.39 is 5.97 Å². The average Bonchev–Trinajstić information content (AvgIpc) is 2.92. The molecular formula is C29H38FN5O3. The molecule has 9 heteroatoms. The zero-order chi connectivity index (χ0) is 26.6. The molecule has 1 aliphatic carbocycles. The molecule has 1 aromatic heterocycles. The lowest BCUT2D eigenvalue weighted by Crippen LogP contribution is -2.49. The van der Waals surface area contributed by atoms with Gasteiger partial charge in [-0.2, -0.15) is 0 Å². The predicted octanol–water partition coefficient (Wildman–Crippen LogP) is 5.00. The molecule has 1 saturated carbocycles. The molecule has 0 spiro atoms. The zero-order valence-electron chi connectivity index (χ0n) is 22.3. The van der Waals surface area contributed by atoms with Crippen LogP contribution in [0.1, 0.15) is 61.0 Å². The molecule has 2 aliphatic heterocycles. The normalized spacial score (nSPS) is 19.7. The van der Waals surface area contributed by atoms with Gasteiger partial charge in [-0.05, 0) is 68.9 Å². The summed E-state index contributed by atoms with van der Waals surface area (Å²) in [6.07, 6.45) is 7.62. The number of aromatic nitrogens is 1. The molecule has 2 aromatic rings. The number of carbonyl (C=O) groups excluding carboxylic acids is 1. The molecule has 5 rings (SSSR count). The number of hydrogen-bond donors (Lipinski definition) is 2. The SMILES string of the molecule is COC(=O)c1cc(N2CCC(N3CCC(OC)CC3)CC2)c(C(=N)C2CCC2)c(Nc2ccc(F)cc2)n1. The molecule has 3 fully saturated rings. The van der Waals surface area contributed by atoms with E-state index >= 15 is 0 Å². The third-order valence-electron chi connectivity index (χ3n) is 8.41. The minimum Gasteiger partial charge on any atom is -0.464 e. The van der Waals surface area contributed by atoms with Crippen LogP contribution in [-0.2, 0) is 9.47 Å². The van der Waals surface area contributed by atoms with E-state index in [9.17, 15) is 9.18 Å². The lowest BCUT2D eigenvalue weighted by atomic mass is 9.79. The lowest BCUT2D eigenvalue weighted by Gasteiger charge is -2.43. The fourth-order valence-corrected chi connectivity index (χ4v) is 5.87. The second-order valence-corrected chi connectivity index (χ2v) is 10.6. The van der Waals surface area contributed by atoms with Gasteiger partial charge in [-0.25, -0.2) is 14.2 Å². The molecule has 0 unspecified atom stereocenters. The Morgan fingerprint density at radius 2 is 1.71 bits per heavy atom. The van der Waals surface area contributed by atoms with Gasteiger partial charge in [0.05, 0.1) is 24.5 Å². The van der Waals surface area contributed by atoms with Gasteiger partial charge >= 0.3 is 5.97 Å². The maximum Gasteiger partial charge on any atom is 0.356 e. The summed E-state index contributed by atoms with van der Waals surface area (Å²) in [6.45, 7) is 3.79. The van der Waals surface area contributed by atoms with Crippen LogP contribution in [0.25, 0.3) is 0 Å². The predicted molar refractivity (Wildman–Crippen MR) is 146 cm³/mol. The molecule has 0 atom stereocenters. The number of likely N-dealkylation sites (tertiary alicyclic amines) is 1. The van der Waals surface area contributed by atoms with E-state index in [1.54, 1.807) is 25.3 Å². The third kappa shape index (κ3) is 5.68. The van der Waals surface area contributed by atoms with Crippen molar-refractivity contribution in [1.82, 2.24) is 9.88 Å². The summed E-state index contributed by atoms with van der Waals surface area (Å²) in [6, 6.07) is 8.34. The van der Waals surface area contributed by atoms with Crippen molar-refractivity contribution in [3.8, 4) is 0 Å². The van der Waals surface area contributed by atoms with Crippen molar-refractivity contribution in [1.29, 1.82) is 5.41 Å². The van der Waals surface area contributed by atoms with Crippen molar-refractivity contribution < 1.29 is 18.7 Å². The van der Waals surface area contributed by atoms with Gasteiger partial charge in [0.1, 0.15) is 11.6 Å². The highest BCUT2D eigenvalue weighted by molar-refractivity contribution is 6.10. The molecule has 3 heterocycles. The molecule has 8 nitrogen and oxygen atoms in total. The van der Waals surface area contributed by atoms with Crippen molar-refractivity contribution in [2.45, 2.75) is 57.1 Å². The van der Waals surface area contributed by atoms with Crippen molar-refractivity contribution in [3.05, 3.63) is 47.4 Å². The fraction of sp³-hybridized carbons (Fsp3) is 0.552. The van der Waals surface area contributed by atoms with Crippen LogP contribution in [0.15, 0.2) is 30.3 Å². The number of ether oxygens (including phenoxy) is 2. The third-order valence-corrected chi connectivity index (χ3v) is 8.41. The number of hydrogen-bond acceptors (Lipinski definition) is 8. The van der Waals surface area contributed by atoms with E-state index in [0.717, 1.165) is 82.4 Å². The number of methoxy groups -OCH3 is 2. The standard InChI is InChI=1S/C29H38FN5O3/c1-37-23-12-16-34(17-13-23)22-10-14-35(15-11-22)25-18-24(29(36)38-2)33-28(26(25)27(31)19-4-3-5-19)32-21-8-6-20(30)7-9-21/h6-9,18-19,22-23,31H,3-5,10-17H2,1-2H3,(H,32,33). The summed E-state index contributed by atoms with van der Waals surface area (Å²) < 4.78 is 24.1. The van der Waals surface area contributed by atoms with E-state index in [4.69, 9.17) is 14.9 Å². The van der Waals surface area contributed by atoms with Gasteiger partial charge in [0, 0.05) is 56.6 Å². The summed E-state index contributed by atoms with van der Waals surface area (Å²) in [5.41, 5.74) is 2.96. The molecule has 38 heavy (non-hydrogen) atoms. The van der Waals surface area contributed by atoms with Crippen LogP contribution in [-0.4, -0.2) is 74.1 Å². The van der Waals surface area contributed by atoms with Gasteiger partial charge in [0.25, 0.3) is 0 Å². The molecular weight excluding hydrogens is 485 g/mol. The number of anilines is 3. The Labute approximate surface area is 224 Å². The van der Waals surface area contributed by atoms with Gasteiger partial charge in [-0.15, -0.1) is 0 Å². The molecule has 0 radical (unpaired) electrons. The summed E-state index contributed by atoms with van der Waals surface area (Å²) in [5.74, 6) is -0.238. The summed E-state index contributed by atoms with van der Waals surface area (Å²) >= 11 is 0. The Hall–Kier alpha value is -3.04. The Kier molecular flexibility index (Phi) is 8.24. The second-order valence-electron chi connectivity index (χ2n) is 10.6. The minimum atomic E-state index is -0.522. The average molecular weight is 524 g/mol. The van der Waals surface area contributed by atoms with Crippen molar-refractivity contribution in [2.75, 3.05) is 50.6 Å². The number of nitrogens with zero attached hydrogens (tertiary/aromatic N) is 3. The van der Waals surface area contributed by atoms with Crippen molar-refractivity contribution >= 4 is 28.9 Å². The number of pyridine rings is 1. The first-order valence-corrected chi connectivity index (χ1v) is 13.7. The van der Waals surface area contributed by atoms with Crippen LogP contribution in [0.4, 0.5) is 21.6 Å². The minimum absolute atomic E-state index is 0.174. The Bertz CT molecular complexity index is 1140. The maximum atomic E-state index is 13.6. The highest BCUT2D eigenvalue weighted by Gasteiger charge is 2.33. The van der Waals surface area contributed by atoms with Gasteiger partial charge in [0.2, 0.25) is 0 Å². The number of esters is 1. The number of benzene rings is 1. The molecule has 0 amide bonds. The van der Waals surface area contributed by atoms with Gasteiger partial charge in [0.15, 0.2) is 5.69 Å². The second kappa shape index (κ2) is 11.8. The van der Waals surface area contributed by atoms with E-state index in [0.29, 0.717) is 29.4 Å². The first-order valence-electron chi connectivity index (χ1n) is 13.7. The molecule has 1 aromatic carbocycles. The number of carbonyl (C=O) groups is 1. The molecule has 3 aliphatic rings. The molecule has 2 saturated heterocycles. The Morgan fingerprint density at radius 1 is 1.03 bits per heavy atom. The summed E-state index contributed by atoms with van der Waals surface area (Å²) in [5, 5.41) is 12.4. The largest absolute Gasteiger partial charge is 0.464 e. The van der Waals surface area contributed by atoms with Gasteiger partial charge in [-0.1, -0.05) is 6.42 Å². The first kappa shape index (κ1) is 26.6. The smallest absolute Gasteiger partial charge is 0.356 e. The van der Waals surface area contributed by atoms with Gasteiger partial charge in [-0.3, -0.25) is 0 Å². The van der Waals surface area contributed by atoms with Gasteiger partial charge < -0.3 is 30.0 Å². The highest BCUT2D eigenvalue weighted by Crippen LogP contribution is 2.38. The van der Waals surface area contributed by atoms with Crippen LogP contribution >= 0.6 is 0 Å². The molecule has 2 N–H and O–H groups in total. The zero-order valence-corrected chi connectivity index (χ0v) is 22.3. The summed E-state index contributed by atoms with van der Waals surface area (Å²) in [4.78, 5) is 22.1. The summed E-state index contributed by atoms with van der Waals surface area (Å²) in [7, 11) is 3.15. The number of piperidine rings is 2. The van der Waals surface area contributed by atoms with Crippen LogP contribution in [0.5, 0.6) is 0 Å². The van der Waals surface area contributed by atoms with Crippen molar-refractivity contribution in [2.24, 2.45) is 5.92 Å². The Balaban J connectivity index is 1.45. The van der Waals surface area contributed by atoms with Crippen LogP contribution in [0.2, 0.25) is 0 Å². The number of rotatable bonds is 8. The van der Waals surface area contributed by atoms with Crippen LogP contribution in [0, 0.1) is 17.1 Å². The van der Waals surface area contributed by atoms with Crippen molar-refractivity contribution in [3.63, 3.8) is 0 Å². The Morgan fingerprint density at radius 3 is 2.29 bits per heavy atom. The lowest BCUT2D eigenvalue weighted by molar-refractivity contribution is 0.0233. The maximum absolute atomic E-state index is 13.6. The molecule has 0 bridgehead atoms. The quantitative estimate of drug-likeness (QED) is 0.372. The first-order chi connectivity index (χ1) is 18.5. The number of nitrogens with one attached hydrogen (secondary N) is 2. The number of halogens is 1. The van der Waals surface area contributed by atoms with E-state index in [1.165, 1.54) is 19.2 Å².